The number of hydrogen-bond acceptors (Lipinski definition) is 4. The number of carbonyl (C=O) groups is 1. The molecule has 0 aromatic heterocycles. The fourth-order valence-corrected chi connectivity index (χ4v) is 1.79. The van der Waals surface area contributed by atoms with Crippen LogP contribution in [0.1, 0.15) is 20.3 Å². The van der Waals surface area contributed by atoms with E-state index in [4.69, 9.17) is 4.74 Å². The van der Waals surface area contributed by atoms with E-state index in [1.165, 1.54) is 0 Å². The third-order valence-electron chi connectivity index (χ3n) is 3.17. The summed E-state index contributed by atoms with van der Waals surface area (Å²) in [5.41, 5.74) is -0.456. The van der Waals surface area contributed by atoms with Gasteiger partial charge in [0.2, 0.25) is 5.91 Å². The Hall–Kier alpha value is -0.650. The zero-order valence-corrected chi connectivity index (χ0v) is 10.5. The minimum Gasteiger partial charge on any atom is -0.390 e. The fraction of sp³-hybridized carbons (Fsp3) is 0.909. The Bertz CT molecular complexity index is 256. The predicted molar refractivity (Wildman–Crippen MR) is 61.1 cm³/mol. The lowest BCUT2D eigenvalue weighted by molar-refractivity contribution is -0.138. The first-order chi connectivity index (χ1) is 7.37. The highest BCUT2D eigenvalue weighted by Crippen LogP contribution is 2.17. The maximum absolute atomic E-state index is 12.0. The van der Waals surface area contributed by atoms with Crippen LogP contribution < -0.4 is 5.32 Å². The topological polar surface area (TPSA) is 61.8 Å². The number of hydrogen-bond donors (Lipinski definition) is 2. The molecule has 0 unspecified atom stereocenters. The standard InChI is InChI=1S/C11H22N2O3/c1-11(2,16-4)5-10(15)13(3)8-6-12-7-9(8)14/h8-9,12,14H,5-7H2,1-4H3/t8-,9-/m0/s1. The molecule has 1 amide bonds. The molecule has 0 bridgehead atoms. The number of nitrogens with zero attached hydrogens (tertiary/aromatic N) is 1. The van der Waals surface area contributed by atoms with Crippen molar-refractivity contribution in [3.05, 3.63) is 0 Å². The molecule has 1 saturated heterocycles. The van der Waals surface area contributed by atoms with E-state index in [-0.39, 0.29) is 11.9 Å². The molecule has 5 heteroatoms. The first kappa shape index (κ1) is 13.4. The molecule has 94 valence electrons. The van der Waals surface area contributed by atoms with Crippen LogP contribution >= 0.6 is 0 Å². The lowest BCUT2D eigenvalue weighted by Gasteiger charge is -2.30. The Morgan fingerprint density at radius 3 is 2.62 bits per heavy atom. The molecule has 0 aliphatic carbocycles. The molecule has 0 saturated carbocycles. The van der Waals surface area contributed by atoms with Crippen molar-refractivity contribution in [2.45, 2.75) is 38.0 Å². The van der Waals surface area contributed by atoms with E-state index in [0.29, 0.717) is 19.5 Å². The van der Waals surface area contributed by atoms with E-state index in [2.05, 4.69) is 5.32 Å². The molecule has 5 nitrogen and oxygen atoms in total. The number of β-amino-alcohol motifs (C(OH)–C–C–N with tert-alkyl or cyclic N) is 1. The average molecular weight is 230 g/mol. The van der Waals surface area contributed by atoms with Gasteiger partial charge < -0.3 is 20.1 Å². The highest BCUT2D eigenvalue weighted by Gasteiger charge is 2.33. The number of likely N-dealkylation sites (N-methyl/N-ethyl adjacent to an activating group) is 1. The number of carbonyl (C=O) groups excluding carboxylic acids is 1. The van der Waals surface area contributed by atoms with Gasteiger partial charge in [-0.1, -0.05) is 0 Å². The lowest BCUT2D eigenvalue weighted by atomic mass is 10.0. The largest absolute Gasteiger partial charge is 0.390 e. The third kappa shape index (κ3) is 3.17. The normalized spacial score (nSPS) is 25.8. The maximum Gasteiger partial charge on any atom is 0.225 e. The van der Waals surface area contributed by atoms with E-state index in [0.717, 1.165) is 0 Å². The molecule has 1 aliphatic heterocycles. The summed E-state index contributed by atoms with van der Waals surface area (Å²) < 4.78 is 5.22. The number of aliphatic hydroxyl groups is 1. The Morgan fingerprint density at radius 1 is 1.56 bits per heavy atom. The summed E-state index contributed by atoms with van der Waals surface area (Å²) in [4.78, 5) is 13.6. The van der Waals surface area contributed by atoms with E-state index < -0.39 is 11.7 Å². The Balaban J connectivity index is 2.53. The van der Waals surface area contributed by atoms with Crippen molar-refractivity contribution in [3.63, 3.8) is 0 Å². The molecule has 0 aromatic rings. The summed E-state index contributed by atoms with van der Waals surface area (Å²) in [6, 6.07) is -0.125. The summed E-state index contributed by atoms with van der Waals surface area (Å²) in [6.45, 7) is 4.96. The number of methoxy groups -OCH3 is 1. The van der Waals surface area contributed by atoms with E-state index in [9.17, 15) is 9.90 Å². The highest BCUT2D eigenvalue weighted by atomic mass is 16.5. The van der Waals surface area contributed by atoms with Crippen molar-refractivity contribution in [2.24, 2.45) is 0 Å². The zero-order chi connectivity index (χ0) is 12.3. The van der Waals surface area contributed by atoms with Gasteiger partial charge in [0.1, 0.15) is 0 Å². The fourth-order valence-electron chi connectivity index (χ4n) is 1.79. The minimum atomic E-state index is -0.473. The van der Waals surface area contributed by atoms with Gasteiger partial charge in [0.05, 0.1) is 24.2 Å². The van der Waals surface area contributed by atoms with Gasteiger partial charge in [-0.2, -0.15) is 0 Å². The van der Waals surface area contributed by atoms with Crippen LogP contribution in [0, 0.1) is 0 Å². The van der Waals surface area contributed by atoms with Crippen LogP contribution in [0.5, 0.6) is 0 Å². The van der Waals surface area contributed by atoms with Gasteiger partial charge in [-0.15, -0.1) is 0 Å². The monoisotopic (exact) mass is 230 g/mol. The number of aliphatic hydroxyl groups excluding tert-OH is 1. The van der Waals surface area contributed by atoms with Crippen molar-refractivity contribution >= 4 is 5.91 Å². The molecule has 1 heterocycles. The molecule has 0 aromatic carbocycles. The molecular formula is C11H22N2O3. The molecule has 0 radical (unpaired) electrons. The van der Waals surface area contributed by atoms with Crippen LogP contribution in [0.3, 0.4) is 0 Å². The molecule has 16 heavy (non-hydrogen) atoms. The second-order valence-electron chi connectivity index (χ2n) is 4.94. The SMILES string of the molecule is COC(C)(C)CC(=O)N(C)[C@H]1CNC[C@@H]1O. The number of amides is 1. The van der Waals surface area contributed by atoms with Crippen molar-refractivity contribution in [1.29, 1.82) is 0 Å². The van der Waals surface area contributed by atoms with Crippen molar-refractivity contribution < 1.29 is 14.6 Å². The molecule has 2 N–H and O–H groups in total. The number of rotatable bonds is 4. The van der Waals surface area contributed by atoms with Crippen molar-refractivity contribution in [2.75, 3.05) is 27.2 Å². The molecular weight excluding hydrogens is 208 g/mol. The first-order valence-corrected chi connectivity index (χ1v) is 5.57. The Morgan fingerprint density at radius 2 is 2.19 bits per heavy atom. The summed E-state index contributed by atoms with van der Waals surface area (Å²) in [6.07, 6.45) is -0.150. The summed E-state index contributed by atoms with van der Waals surface area (Å²) >= 11 is 0. The third-order valence-corrected chi connectivity index (χ3v) is 3.17. The second-order valence-corrected chi connectivity index (χ2v) is 4.94. The van der Waals surface area contributed by atoms with Gasteiger partial charge in [-0.25, -0.2) is 0 Å². The lowest BCUT2D eigenvalue weighted by Crippen LogP contribution is -2.46. The van der Waals surface area contributed by atoms with E-state index >= 15 is 0 Å². The molecule has 0 spiro atoms. The average Bonchev–Trinajstić information content (AvgIpc) is 2.62. The molecule has 1 fully saturated rings. The summed E-state index contributed by atoms with van der Waals surface area (Å²) in [7, 11) is 3.33. The van der Waals surface area contributed by atoms with Crippen LogP contribution in [0.2, 0.25) is 0 Å². The quantitative estimate of drug-likeness (QED) is 0.689. The van der Waals surface area contributed by atoms with E-state index in [1.54, 1.807) is 19.1 Å². The van der Waals surface area contributed by atoms with Gasteiger partial charge in [-0.05, 0) is 13.8 Å². The Labute approximate surface area is 96.8 Å². The summed E-state index contributed by atoms with van der Waals surface area (Å²) in [5.74, 6) is -0.000370. The smallest absolute Gasteiger partial charge is 0.225 e. The van der Waals surface area contributed by atoms with Gasteiger partial charge in [0, 0.05) is 27.2 Å². The first-order valence-electron chi connectivity index (χ1n) is 5.57. The van der Waals surface area contributed by atoms with Gasteiger partial charge in [0.15, 0.2) is 0 Å². The molecule has 2 atom stereocenters. The second kappa shape index (κ2) is 5.12. The maximum atomic E-state index is 12.0. The van der Waals surface area contributed by atoms with Crippen molar-refractivity contribution in [1.82, 2.24) is 10.2 Å². The van der Waals surface area contributed by atoms with E-state index in [1.807, 2.05) is 13.8 Å². The van der Waals surface area contributed by atoms with Gasteiger partial charge in [-0.3, -0.25) is 4.79 Å². The van der Waals surface area contributed by atoms with Crippen LogP contribution in [0.25, 0.3) is 0 Å². The minimum absolute atomic E-state index is 0.000370. The number of ether oxygens (including phenoxy) is 1. The Kier molecular flexibility index (Phi) is 4.29. The van der Waals surface area contributed by atoms with Gasteiger partial charge >= 0.3 is 0 Å². The van der Waals surface area contributed by atoms with Crippen molar-refractivity contribution in [3.8, 4) is 0 Å². The van der Waals surface area contributed by atoms with Gasteiger partial charge in [0.25, 0.3) is 0 Å². The van der Waals surface area contributed by atoms with Crippen LogP contribution in [0.15, 0.2) is 0 Å². The zero-order valence-electron chi connectivity index (χ0n) is 10.5. The molecule has 1 aliphatic rings. The molecule has 1 rings (SSSR count). The van der Waals surface area contributed by atoms with Crippen LogP contribution in [0.4, 0.5) is 0 Å². The predicted octanol–water partition coefficient (Wildman–Crippen LogP) is -0.407. The van der Waals surface area contributed by atoms with Crippen LogP contribution in [-0.2, 0) is 9.53 Å². The number of nitrogens with one attached hydrogen (secondary N) is 1. The van der Waals surface area contributed by atoms with Crippen LogP contribution in [-0.4, -0.2) is 60.9 Å². The highest BCUT2D eigenvalue weighted by molar-refractivity contribution is 5.77. The summed E-state index contributed by atoms with van der Waals surface area (Å²) in [5, 5.41) is 12.7.